The number of aldehydes is 1. The largest absolute Gasteiger partial charge is 0.464 e. The van der Waals surface area contributed by atoms with Crippen molar-refractivity contribution in [3.8, 4) is 0 Å². The normalized spacial score (nSPS) is 11.5. The third-order valence-corrected chi connectivity index (χ3v) is 4.11. The molecule has 0 saturated heterocycles. The van der Waals surface area contributed by atoms with Crippen LogP contribution in [0, 0.1) is 5.82 Å². The maximum atomic E-state index is 13.6. The average Bonchev–Trinajstić information content (AvgIpc) is 2.61. The zero-order chi connectivity index (χ0) is 18.4. The van der Waals surface area contributed by atoms with Gasteiger partial charge in [-0.2, -0.15) is 0 Å². The number of carbonyl (C=O) groups excluding carboxylic acids is 1. The van der Waals surface area contributed by atoms with Crippen molar-refractivity contribution in [3.05, 3.63) is 48.3 Å². The molecule has 25 heavy (non-hydrogen) atoms. The smallest absolute Gasteiger partial charge is 0.426 e. The van der Waals surface area contributed by atoms with Crippen LogP contribution in [0.15, 0.2) is 47.4 Å². The molecule has 1 amide bonds. The van der Waals surface area contributed by atoms with Crippen molar-refractivity contribution in [1.29, 1.82) is 0 Å². The minimum atomic E-state index is -1.35. The first kappa shape index (κ1) is 18.6. The number of nitrogens with one attached hydrogen (secondary N) is 2. The zero-order valence-corrected chi connectivity index (χ0v) is 14.5. The fraction of sp³-hybridized carbons (Fsp3) is 0.176. The van der Waals surface area contributed by atoms with Crippen LogP contribution in [0.1, 0.15) is 6.92 Å². The van der Waals surface area contributed by atoms with E-state index in [4.69, 9.17) is 0 Å². The minimum Gasteiger partial charge on any atom is -0.464 e. The summed E-state index contributed by atoms with van der Waals surface area (Å²) in [5, 5.41) is 13.1. The summed E-state index contributed by atoms with van der Waals surface area (Å²) in [5.41, 5.74) is 4.03. The molecule has 0 aliphatic heterocycles. The van der Waals surface area contributed by atoms with Crippen molar-refractivity contribution in [2.75, 3.05) is 17.0 Å². The number of thioether (sulfide) groups is 1. The average molecular weight is 363 g/mol. The van der Waals surface area contributed by atoms with Crippen molar-refractivity contribution < 1.29 is 19.1 Å². The number of amides is 1. The molecule has 2 aromatic rings. The summed E-state index contributed by atoms with van der Waals surface area (Å²) >= 11 is 1.58. The summed E-state index contributed by atoms with van der Waals surface area (Å²) in [6.45, 7) is 1.42. The highest BCUT2D eigenvalue weighted by Gasteiger charge is 2.20. The van der Waals surface area contributed by atoms with Crippen LogP contribution in [0.2, 0.25) is 0 Å². The standard InChI is InChI=1S/C17H18FN3O3S/c1-11(10-22)21(17(23)24)20-16-8-12(18)6-7-15(16)19-13-4-3-5-14(9-13)25-2/h3-11,19-20H,1-2H3,(H,23,24). The maximum absolute atomic E-state index is 13.6. The van der Waals surface area contributed by atoms with Gasteiger partial charge in [0.15, 0.2) is 0 Å². The molecule has 8 heteroatoms. The van der Waals surface area contributed by atoms with Gasteiger partial charge in [0.1, 0.15) is 18.1 Å². The predicted molar refractivity (Wildman–Crippen MR) is 96.9 cm³/mol. The highest BCUT2D eigenvalue weighted by Crippen LogP contribution is 2.29. The Morgan fingerprint density at radius 2 is 2.04 bits per heavy atom. The molecule has 0 aliphatic rings. The fourth-order valence-electron chi connectivity index (χ4n) is 2.09. The number of hydrogen-bond acceptors (Lipinski definition) is 5. The molecule has 0 aliphatic carbocycles. The van der Waals surface area contributed by atoms with Crippen molar-refractivity contribution in [2.24, 2.45) is 0 Å². The number of rotatable bonds is 7. The maximum Gasteiger partial charge on any atom is 0.426 e. The van der Waals surface area contributed by atoms with Gasteiger partial charge < -0.3 is 15.2 Å². The molecule has 6 nitrogen and oxygen atoms in total. The second-order valence-electron chi connectivity index (χ2n) is 5.19. The zero-order valence-electron chi connectivity index (χ0n) is 13.7. The molecule has 1 atom stereocenters. The van der Waals surface area contributed by atoms with E-state index in [1.165, 1.54) is 19.1 Å². The molecule has 0 spiro atoms. The first-order chi connectivity index (χ1) is 11.9. The van der Waals surface area contributed by atoms with E-state index >= 15 is 0 Å². The Hall–Kier alpha value is -2.74. The van der Waals surface area contributed by atoms with Gasteiger partial charge in [0.25, 0.3) is 0 Å². The number of carboxylic acid groups (broad SMARTS) is 1. The number of halogens is 1. The summed E-state index contributed by atoms with van der Waals surface area (Å²) in [6, 6.07) is 10.6. The summed E-state index contributed by atoms with van der Waals surface area (Å²) in [5.74, 6) is -0.532. The second-order valence-corrected chi connectivity index (χ2v) is 6.07. The summed E-state index contributed by atoms with van der Waals surface area (Å²) < 4.78 is 13.6. The lowest BCUT2D eigenvalue weighted by atomic mass is 10.2. The number of carbonyl (C=O) groups is 2. The molecule has 3 N–H and O–H groups in total. The molecule has 2 aromatic carbocycles. The number of nitrogens with zero attached hydrogens (tertiary/aromatic N) is 1. The molecular formula is C17H18FN3O3S. The van der Waals surface area contributed by atoms with Crippen LogP contribution >= 0.6 is 11.8 Å². The molecule has 132 valence electrons. The number of benzene rings is 2. The van der Waals surface area contributed by atoms with Crippen molar-refractivity contribution in [3.63, 3.8) is 0 Å². The van der Waals surface area contributed by atoms with Gasteiger partial charge in [-0.1, -0.05) is 6.07 Å². The summed E-state index contributed by atoms with van der Waals surface area (Å²) in [4.78, 5) is 23.3. The Labute approximate surface area is 149 Å². The fourth-order valence-corrected chi connectivity index (χ4v) is 2.55. The van der Waals surface area contributed by atoms with Crippen LogP contribution in [0.25, 0.3) is 0 Å². The van der Waals surface area contributed by atoms with Gasteiger partial charge >= 0.3 is 6.09 Å². The Balaban J connectivity index is 2.33. The van der Waals surface area contributed by atoms with Gasteiger partial charge in [-0.15, -0.1) is 11.8 Å². The quantitative estimate of drug-likeness (QED) is 0.389. The Kier molecular flexibility index (Phi) is 6.24. The van der Waals surface area contributed by atoms with E-state index in [1.54, 1.807) is 11.8 Å². The Morgan fingerprint density at radius 1 is 1.28 bits per heavy atom. The number of hydrogen-bond donors (Lipinski definition) is 3. The van der Waals surface area contributed by atoms with Crippen LogP contribution in [0.4, 0.5) is 26.2 Å². The summed E-state index contributed by atoms with van der Waals surface area (Å²) in [7, 11) is 0. The van der Waals surface area contributed by atoms with Gasteiger partial charge in [0, 0.05) is 16.6 Å². The third-order valence-electron chi connectivity index (χ3n) is 3.38. The van der Waals surface area contributed by atoms with Crippen LogP contribution in [0.5, 0.6) is 0 Å². The van der Waals surface area contributed by atoms with E-state index < -0.39 is 18.0 Å². The van der Waals surface area contributed by atoms with Gasteiger partial charge in [-0.05, 0) is 43.5 Å². The van der Waals surface area contributed by atoms with Crippen molar-refractivity contribution in [1.82, 2.24) is 5.01 Å². The second kappa shape index (κ2) is 8.39. The monoisotopic (exact) mass is 363 g/mol. The van der Waals surface area contributed by atoms with E-state index in [9.17, 15) is 19.1 Å². The van der Waals surface area contributed by atoms with Gasteiger partial charge in [0.2, 0.25) is 0 Å². The van der Waals surface area contributed by atoms with Crippen LogP contribution in [-0.4, -0.2) is 34.8 Å². The first-order valence-electron chi connectivity index (χ1n) is 7.39. The van der Waals surface area contributed by atoms with E-state index in [2.05, 4.69) is 10.7 Å². The lowest BCUT2D eigenvalue weighted by Gasteiger charge is -2.25. The molecule has 0 fully saturated rings. The summed E-state index contributed by atoms with van der Waals surface area (Å²) in [6.07, 6.45) is 1.09. The molecule has 0 aromatic heterocycles. The number of anilines is 3. The van der Waals surface area contributed by atoms with E-state index in [0.717, 1.165) is 16.6 Å². The van der Waals surface area contributed by atoms with Gasteiger partial charge in [-0.25, -0.2) is 14.2 Å². The number of hydrazine groups is 1. The highest BCUT2D eigenvalue weighted by atomic mass is 32.2. The van der Waals surface area contributed by atoms with E-state index in [-0.39, 0.29) is 5.69 Å². The van der Waals surface area contributed by atoms with E-state index in [1.807, 2.05) is 30.5 Å². The van der Waals surface area contributed by atoms with Gasteiger partial charge in [0.05, 0.1) is 11.4 Å². The van der Waals surface area contributed by atoms with Gasteiger partial charge in [-0.3, -0.25) is 5.43 Å². The van der Waals surface area contributed by atoms with Crippen molar-refractivity contribution >= 4 is 41.2 Å². The molecule has 1 unspecified atom stereocenters. The minimum absolute atomic E-state index is 0.200. The predicted octanol–water partition coefficient (Wildman–Crippen LogP) is 4.19. The highest BCUT2D eigenvalue weighted by molar-refractivity contribution is 7.98. The SMILES string of the molecule is CSc1cccc(Nc2ccc(F)cc2NN(C(=O)O)C(C)C=O)c1. The van der Waals surface area contributed by atoms with Crippen molar-refractivity contribution in [2.45, 2.75) is 17.9 Å². The first-order valence-corrected chi connectivity index (χ1v) is 8.62. The molecule has 0 bridgehead atoms. The van der Waals surface area contributed by atoms with Crippen LogP contribution < -0.4 is 10.7 Å². The lowest BCUT2D eigenvalue weighted by molar-refractivity contribution is -0.111. The Bertz CT molecular complexity index is 773. The van der Waals surface area contributed by atoms with E-state index in [0.29, 0.717) is 17.0 Å². The molecule has 0 heterocycles. The third kappa shape index (κ3) is 4.87. The lowest BCUT2D eigenvalue weighted by Crippen LogP contribution is -2.43. The van der Waals surface area contributed by atoms with Crippen LogP contribution in [0.3, 0.4) is 0 Å². The topological polar surface area (TPSA) is 81.7 Å². The van der Waals surface area contributed by atoms with Crippen LogP contribution in [-0.2, 0) is 4.79 Å². The molecule has 0 radical (unpaired) electrons. The molecule has 0 saturated carbocycles. The molecule has 2 rings (SSSR count). The Morgan fingerprint density at radius 3 is 2.68 bits per heavy atom. The molecular weight excluding hydrogens is 345 g/mol.